The number of hydrogen-bond donors (Lipinski definition) is 1. The van der Waals surface area contributed by atoms with Gasteiger partial charge in [0, 0.05) is 46.0 Å². The van der Waals surface area contributed by atoms with Crippen molar-refractivity contribution < 1.29 is 33.3 Å². The average Bonchev–Trinajstić information content (AvgIpc) is 3.95. The van der Waals surface area contributed by atoms with Crippen molar-refractivity contribution in [3.63, 3.8) is 0 Å². The third kappa shape index (κ3) is 12.4. The zero-order valence-electron chi connectivity index (χ0n) is 40.2. The lowest BCUT2D eigenvalue weighted by Gasteiger charge is -2.20. The lowest BCUT2D eigenvalue weighted by atomic mass is 9.99. The van der Waals surface area contributed by atoms with Crippen LogP contribution in [0.4, 0.5) is 5.82 Å². The Kier molecular flexibility index (Phi) is 15.9. The fraction of sp³-hybridized carbons (Fsp3) is 0.370. The lowest BCUT2D eigenvalue weighted by molar-refractivity contribution is -0.118. The minimum atomic E-state index is -0.660. The molecule has 0 amide bonds. The number of ether oxygens (including phenoxy) is 5. The molecule has 360 valence electrons. The summed E-state index contributed by atoms with van der Waals surface area (Å²) in [7, 11) is 0. The van der Waals surface area contributed by atoms with Crippen molar-refractivity contribution in [1.29, 1.82) is 0 Å². The fourth-order valence-electron chi connectivity index (χ4n) is 8.37. The molecule has 1 N–H and O–H groups in total. The molecular weight excluding hydrogens is 912 g/mol. The van der Waals surface area contributed by atoms with Crippen LogP contribution in [0.25, 0.3) is 16.1 Å². The van der Waals surface area contributed by atoms with E-state index in [-0.39, 0.29) is 24.3 Å². The summed E-state index contributed by atoms with van der Waals surface area (Å²) in [6.45, 7) is 19.2. The third-order valence-corrected chi connectivity index (χ3v) is 13.2. The van der Waals surface area contributed by atoms with Crippen LogP contribution in [0.1, 0.15) is 93.6 Å². The first-order valence-corrected chi connectivity index (χ1v) is 24.5. The molecule has 1 atom stereocenters. The number of anilines is 1. The zero-order chi connectivity index (χ0) is 48.7. The van der Waals surface area contributed by atoms with Crippen molar-refractivity contribution in [2.45, 2.75) is 78.9 Å². The van der Waals surface area contributed by atoms with Crippen molar-refractivity contribution in [1.82, 2.24) is 19.7 Å². The Morgan fingerprint density at radius 3 is 2.23 bits per heavy atom. The number of Topliss-reactive ketones (excluding diaryl/α,β-unsaturated/α-hetero) is 1. The highest BCUT2D eigenvalue weighted by Crippen LogP contribution is 2.40. The topological polar surface area (TPSA) is 148 Å². The minimum Gasteiger partial charge on any atom is -0.491 e. The SMILES string of the molecule is C=C1Cc2ccc(-c3ccc(NCCOCCOCCOCCOc4ccc(CC(=O)C[C@@H]5N=C(c6ccc(Cl)cc6)c6c(sc(C)c6C)-n6c(C)nnc65)cc4)nc3C(=O)OC(C)(C)C)cc2C1. The van der Waals surface area contributed by atoms with Crippen LogP contribution in [0.5, 0.6) is 5.75 Å². The number of aliphatic imine (C=N–C) groups is 1. The molecule has 0 saturated heterocycles. The molecule has 0 fully saturated rings. The highest BCUT2D eigenvalue weighted by Gasteiger charge is 2.32. The molecule has 0 saturated carbocycles. The number of aromatic nitrogens is 4. The van der Waals surface area contributed by atoms with Crippen LogP contribution in [0, 0.1) is 20.8 Å². The number of thiophene rings is 1. The second-order valence-corrected chi connectivity index (χ2v) is 19.9. The van der Waals surface area contributed by atoms with Crippen LogP contribution in [-0.2, 0) is 43.0 Å². The van der Waals surface area contributed by atoms with Gasteiger partial charge < -0.3 is 29.0 Å². The summed E-state index contributed by atoms with van der Waals surface area (Å²) in [5, 5.41) is 13.9. The van der Waals surface area contributed by atoms with Gasteiger partial charge in [-0.3, -0.25) is 14.4 Å². The number of nitrogens with one attached hydrogen (secondary N) is 1. The van der Waals surface area contributed by atoms with Crippen molar-refractivity contribution in [3.05, 3.63) is 152 Å². The monoisotopic (exact) mass is 970 g/mol. The summed E-state index contributed by atoms with van der Waals surface area (Å²) in [5.74, 6) is 2.24. The number of allylic oxidation sites excluding steroid dienone is 1. The molecular formula is C54H59ClN6O7S. The number of esters is 1. The van der Waals surface area contributed by atoms with Crippen LogP contribution in [0.2, 0.25) is 5.02 Å². The van der Waals surface area contributed by atoms with Crippen LogP contribution >= 0.6 is 22.9 Å². The number of halogens is 1. The Balaban J connectivity index is 0.722. The Morgan fingerprint density at radius 2 is 1.51 bits per heavy atom. The van der Waals surface area contributed by atoms with E-state index in [2.05, 4.69) is 57.6 Å². The van der Waals surface area contributed by atoms with E-state index in [0.29, 0.717) is 75.2 Å². The summed E-state index contributed by atoms with van der Waals surface area (Å²) in [5.41, 5.74) is 9.77. The lowest BCUT2D eigenvalue weighted by Crippen LogP contribution is -2.25. The van der Waals surface area contributed by atoms with Gasteiger partial charge in [-0.05, 0) is 119 Å². The van der Waals surface area contributed by atoms with E-state index in [1.807, 2.05) is 94.4 Å². The molecule has 0 bridgehead atoms. The predicted molar refractivity (Wildman–Crippen MR) is 271 cm³/mol. The van der Waals surface area contributed by atoms with Gasteiger partial charge in [-0.15, -0.1) is 21.5 Å². The van der Waals surface area contributed by atoms with Crippen LogP contribution < -0.4 is 10.1 Å². The fourth-order valence-corrected chi connectivity index (χ4v) is 9.71. The van der Waals surface area contributed by atoms with Gasteiger partial charge in [0.15, 0.2) is 11.5 Å². The number of carbonyl (C=O) groups is 2. The summed E-state index contributed by atoms with van der Waals surface area (Å²) < 4.78 is 30.8. The molecule has 1 aliphatic carbocycles. The minimum absolute atomic E-state index is 0.0437. The van der Waals surface area contributed by atoms with Crippen molar-refractivity contribution in [2.24, 2.45) is 4.99 Å². The van der Waals surface area contributed by atoms with E-state index in [1.165, 1.54) is 21.6 Å². The number of aryl methyl sites for hydroxylation is 2. The number of hydrogen-bond acceptors (Lipinski definition) is 13. The van der Waals surface area contributed by atoms with E-state index in [1.54, 1.807) is 11.3 Å². The van der Waals surface area contributed by atoms with Gasteiger partial charge in [-0.2, -0.15) is 0 Å². The third-order valence-electron chi connectivity index (χ3n) is 11.8. The molecule has 8 rings (SSSR count). The number of pyridine rings is 1. The summed E-state index contributed by atoms with van der Waals surface area (Å²) in [6.07, 6.45) is 2.16. The number of rotatable bonds is 21. The van der Waals surface area contributed by atoms with E-state index in [0.717, 1.165) is 62.8 Å². The maximum absolute atomic E-state index is 13.7. The van der Waals surface area contributed by atoms with Crippen molar-refractivity contribution in [3.8, 4) is 21.9 Å². The second-order valence-electron chi connectivity index (χ2n) is 18.3. The molecule has 2 aliphatic rings. The molecule has 3 aromatic heterocycles. The molecule has 0 radical (unpaired) electrons. The molecule has 15 heteroatoms. The number of nitrogens with zero attached hydrogens (tertiary/aromatic N) is 5. The summed E-state index contributed by atoms with van der Waals surface area (Å²) in [4.78, 5) is 38.1. The molecule has 4 heterocycles. The first-order chi connectivity index (χ1) is 33.2. The Morgan fingerprint density at radius 1 is 0.826 bits per heavy atom. The van der Waals surface area contributed by atoms with Gasteiger partial charge in [0.05, 0.1) is 45.4 Å². The van der Waals surface area contributed by atoms with Gasteiger partial charge in [-0.25, -0.2) is 9.78 Å². The number of carbonyl (C=O) groups excluding carboxylic acids is 2. The van der Waals surface area contributed by atoms with Gasteiger partial charge in [0.2, 0.25) is 0 Å². The normalized spacial score (nSPS) is 14.2. The molecule has 1 aliphatic heterocycles. The molecule has 0 spiro atoms. The Bertz CT molecular complexity index is 2850. The number of ketones is 1. The van der Waals surface area contributed by atoms with Gasteiger partial charge in [0.1, 0.15) is 46.4 Å². The maximum atomic E-state index is 13.7. The van der Waals surface area contributed by atoms with E-state index in [4.69, 9.17) is 40.3 Å². The Hall–Kier alpha value is -6.03. The number of benzene rings is 3. The molecule has 69 heavy (non-hydrogen) atoms. The van der Waals surface area contributed by atoms with Gasteiger partial charge in [-0.1, -0.05) is 66.2 Å². The quantitative estimate of drug-likeness (QED) is 0.0417. The number of fused-ring (bicyclic) bond motifs is 4. The van der Waals surface area contributed by atoms with Crippen LogP contribution in [-0.4, -0.2) is 95.6 Å². The smallest absolute Gasteiger partial charge is 0.358 e. The summed E-state index contributed by atoms with van der Waals surface area (Å²) in [6, 6.07) is 24.8. The predicted octanol–water partition coefficient (Wildman–Crippen LogP) is 10.2. The van der Waals surface area contributed by atoms with Crippen molar-refractivity contribution >= 4 is 46.2 Å². The first-order valence-electron chi connectivity index (χ1n) is 23.3. The van der Waals surface area contributed by atoms with E-state index >= 15 is 0 Å². The largest absolute Gasteiger partial charge is 0.491 e. The zero-order valence-corrected chi connectivity index (χ0v) is 41.7. The van der Waals surface area contributed by atoms with Gasteiger partial charge >= 0.3 is 5.97 Å². The Labute approximate surface area is 412 Å². The van der Waals surface area contributed by atoms with E-state index < -0.39 is 17.6 Å². The first kappa shape index (κ1) is 49.4. The standard InChI is InChI=1S/C54H59ClN6O7S/c1-33-28-39-10-11-40(31-41(39)29-33)45-18-19-47(58-50(45)53(63)68-54(5,6)7)56-20-21-64-22-23-65-24-25-66-26-27-67-44-16-8-37(9-17-44)30-43(62)32-46-51-60-59-36(4)61(51)52-48(34(2)35(3)69-52)49(57-46)38-12-14-42(55)15-13-38/h8-19,31,46H,1,20-30,32H2,2-7H3,(H,56,58)/t46-/m0/s1. The van der Waals surface area contributed by atoms with Crippen LogP contribution in [0.3, 0.4) is 0 Å². The highest BCUT2D eigenvalue weighted by atomic mass is 35.5. The highest BCUT2D eigenvalue weighted by molar-refractivity contribution is 7.15. The van der Waals surface area contributed by atoms with Crippen LogP contribution in [0.15, 0.2) is 96.0 Å². The molecule has 13 nitrogen and oxygen atoms in total. The van der Waals surface area contributed by atoms with Crippen molar-refractivity contribution in [2.75, 3.05) is 58.1 Å². The molecule has 3 aromatic carbocycles. The molecule has 0 unspecified atom stereocenters. The average molecular weight is 972 g/mol. The second kappa shape index (κ2) is 22.2. The van der Waals surface area contributed by atoms with Gasteiger partial charge in [0.25, 0.3) is 0 Å². The summed E-state index contributed by atoms with van der Waals surface area (Å²) >= 11 is 7.94. The van der Waals surface area contributed by atoms with E-state index in [9.17, 15) is 9.59 Å². The maximum Gasteiger partial charge on any atom is 0.358 e. The molecule has 6 aromatic rings.